The van der Waals surface area contributed by atoms with Gasteiger partial charge in [0, 0.05) is 18.7 Å². The van der Waals surface area contributed by atoms with Crippen LogP contribution in [0.3, 0.4) is 0 Å². The molecule has 0 radical (unpaired) electrons. The Hall–Kier alpha value is -1.72. The number of anilines is 2. The van der Waals surface area contributed by atoms with Crippen molar-refractivity contribution in [2.24, 2.45) is 5.92 Å². The van der Waals surface area contributed by atoms with Gasteiger partial charge in [0.2, 0.25) is 21.1 Å². The Bertz CT molecular complexity index is 885. The smallest absolute Gasteiger partial charge is 0.232 e. The van der Waals surface area contributed by atoms with Crippen LogP contribution in [0.5, 0.6) is 0 Å². The van der Waals surface area contributed by atoms with Crippen LogP contribution in [-0.4, -0.2) is 43.1 Å². The Kier molecular flexibility index (Phi) is 8.20. The molecule has 1 N–H and O–H groups in total. The minimum absolute atomic E-state index is 0.115. The van der Waals surface area contributed by atoms with E-state index >= 15 is 0 Å². The lowest BCUT2D eigenvalue weighted by molar-refractivity contribution is -0.116. The van der Waals surface area contributed by atoms with Gasteiger partial charge in [0.25, 0.3) is 0 Å². The van der Waals surface area contributed by atoms with Gasteiger partial charge in [0.05, 0.1) is 11.9 Å². The zero-order chi connectivity index (χ0) is 20.7. The van der Waals surface area contributed by atoms with Crippen LogP contribution >= 0.6 is 23.1 Å². The standard InChI is InChI=1S/C17H23FN4O3S3/c1-12(2)11-26-17-21-20-16(27-17)19-15(23)5-4-10-22(28(3,24)25)14-8-6-13(18)7-9-14/h6-9,12H,4-5,10-11H2,1-3H3,(H,19,20,23). The van der Waals surface area contributed by atoms with Crippen LogP contribution in [0, 0.1) is 11.7 Å². The molecule has 0 bridgehead atoms. The van der Waals surface area contributed by atoms with E-state index in [2.05, 4.69) is 29.4 Å². The first kappa shape index (κ1) is 22.6. The first-order valence-corrected chi connectivity index (χ1v) is 12.3. The summed E-state index contributed by atoms with van der Waals surface area (Å²) in [6.45, 7) is 4.34. The van der Waals surface area contributed by atoms with Gasteiger partial charge >= 0.3 is 0 Å². The summed E-state index contributed by atoms with van der Waals surface area (Å²) in [5, 5.41) is 11.1. The van der Waals surface area contributed by atoms with Crippen LogP contribution in [0.2, 0.25) is 0 Å². The number of benzene rings is 1. The zero-order valence-electron chi connectivity index (χ0n) is 15.9. The minimum Gasteiger partial charge on any atom is -0.301 e. The van der Waals surface area contributed by atoms with Crippen molar-refractivity contribution in [1.29, 1.82) is 0 Å². The van der Waals surface area contributed by atoms with Crippen molar-refractivity contribution in [1.82, 2.24) is 10.2 Å². The third-order valence-electron chi connectivity index (χ3n) is 3.47. The highest BCUT2D eigenvalue weighted by Crippen LogP contribution is 2.27. The second kappa shape index (κ2) is 10.2. The van der Waals surface area contributed by atoms with Gasteiger partial charge in [0.15, 0.2) is 4.34 Å². The number of carbonyl (C=O) groups excluding carboxylic acids is 1. The quantitative estimate of drug-likeness (QED) is 0.443. The average Bonchev–Trinajstić information content (AvgIpc) is 3.04. The van der Waals surface area contributed by atoms with E-state index in [0.29, 0.717) is 23.2 Å². The lowest BCUT2D eigenvalue weighted by Gasteiger charge is -2.22. The van der Waals surface area contributed by atoms with E-state index in [4.69, 9.17) is 0 Å². The molecule has 0 spiro atoms. The zero-order valence-corrected chi connectivity index (χ0v) is 18.3. The predicted molar refractivity (Wildman–Crippen MR) is 112 cm³/mol. The van der Waals surface area contributed by atoms with Crippen molar-refractivity contribution in [3.63, 3.8) is 0 Å². The molecule has 154 valence electrons. The molecule has 0 aliphatic heterocycles. The molecule has 2 rings (SSSR count). The summed E-state index contributed by atoms with van der Waals surface area (Å²) in [5.74, 6) is 0.752. The fourth-order valence-electron chi connectivity index (χ4n) is 2.22. The van der Waals surface area contributed by atoms with Gasteiger partial charge in [-0.25, -0.2) is 12.8 Å². The second-order valence-corrected chi connectivity index (χ2v) is 10.7. The molecular formula is C17H23FN4O3S3. The van der Waals surface area contributed by atoms with E-state index in [1.165, 1.54) is 35.6 Å². The summed E-state index contributed by atoms with van der Waals surface area (Å²) in [4.78, 5) is 12.1. The minimum atomic E-state index is -3.54. The summed E-state index contributed by atoms with van der Waals surface area (Å²) < 4.78 is 39.0. The molecule has 7 nitrogen and oxygen atoms in total. The molecular weight excluding hydrogens is 423 g/mol. The monoisotopic (exact) mass is 446 g/mol. The van der Waals surface area contributed by atoms with Gasteiger partial charge in [-0.2, -0.15) is 0 Å². The van der Waals surface area contributed by atoms with Crippen LogP contribution in [0.15, 0.2) is 28.6 Å². The van der Waals surface area contributed by atoms with Crippen molar-refractivity contribution in [3.05, 3.63) is 30.1 Å². The van der Waals surface area contributed by atoms with E-state index in [-0.39, 0.29) is 18.9 Å². The number of thioether (sulfide) groups is 1. The van der Waals surface area contributed by atoms with Gasteiger partial charge in [0.1, 0.15) is 5.82 Å². The summed E-state index contributed by atoms with van der Waals surface area (Å²) in [6.07, 6.45) is 1.51. The van der Waals surface area contributed by atoms with E-state index in [1.54, 1.807) is 11.8 Å². The number of halogens is 1. The molecule has 0 unspecified atom stereocenters. The number of nitrogens with zero attached hydrogens (tertiary/aromatic N) is 3. The first-order valence-electron chi connectivity index (χ1n) is 8.64. The second-order valence-electron chi connectivity index (χ2n) is 6.54. The number of sulfonamides is 1. The fourth-order valence-corrected chi connectivity index (χ4v) is 4.93. The van der Waals surface area contributed by atoms with Crippen LogP contribution in [-0.2, 0) is 14.8 Å². The normalized spacial score (nSPS) is 11.6. The molecule has 11 heteroatoms. The Labute approximate surface area is 172 Å². The molecule has 0 aliphatic rings. The highest BCUT2D eigenvalue weighted by molar-refractivity contribution is 8.01. The van der Waals surface area contributed by atoms with Crippen molar-refractivity contribution in [2.45, 2.75) is 31.0 Å². The molecule has 0 saturated carbocycles. The van der Waals surface area contributed by atoms with Crippen LogP contribution < -0.4 is 9.62 Å². The number of aromatic nitrogens is 2. The molecule has 0 aliphatic carbocycles. The third kappa shape index (κ3) is 7.36. The van der Waals surface area contributed by atoms with E-state index in [9.17, 15) is 17.6 Å². The maximum Gasteiger partial charge on any atom is 0.232 e. The maximum absolute atomic E-state index is 13.1. The fraction of sp³-hybridized carbons (Fsp3) is 0.471. The van der Waals surface area contributed by atoms with E-state index in [1.807, 2.05) is 0 Å². The molecule has 1 amide bonds. The Morgan fingerprint density at radius 2 is 1.96 bits per heavy atom. The van der Waals surface area contributed by atoms with Gasteiger partial charge in [-0.3, -0.25) is 9.10 Å². The largest absolute Gasteiger partial charge is 0.301 e. The predicted octanol–water partition coefficient (Wildman–Crippen LogP) is 3.61. The summed E-state index contributed by atoms with van der Waals surface area (Å²) in [7, 11) is -3.54. The molecule has 1 heterocycles. The molecule has 0 atom stereocenters. The van der Waals surface area contributed by atoms with Crippen LogP contribution in [0.1, 0.15) is 26.7 Å². The van der Waals surface area contributed by atoms with Gasteiger partial charge < -0.3 is 5.32 Å². The lowest BCUT2D eigenvalue weighted by Crippen LogP contribution is -2.31. The molecule has 1 aromatic carbocycles. The highest BCUT2D eigenvalue weighted by Gasteiger charge is 2.18. The molecule has 28 heavy (non-hydrogen) atoms. The first-order chi connectivity index (χ1) is 13.1. The third-order valence-corrected chi connectivity index (χ3v) is 7.07. The average molecular weight is 447 g/mol. The number of amides is 1. The molecule has 2 aromatic rings. The topological polar surface area (TPSA) is 92.3 Å². The summed E-state index contributed by atoms with van der Waals surface area (Å²) >= 11 is 2.91. The Balaban J connectivity index is 1.86. The van der Waals surface area contributed by atoms with Crippen molar-refractivity contribution < 1.29 is 17.6 Å². The SMILES string of the molecule is CC(C)CSc1nnc(NC(=O)CCCN(c2ccc(F)cc2)S(C)(=O)=O)s1. The molecule has 0 fully saturated rings. The molecule has 1 aromatic heterocycles. The maximum atomic E-state index is 13.1. The van der Waals surface area contributed by atoms with E-state index < -0.39 is 15.8 Å². The van der Waals surface area contributed by atoms with Crippen molar-refractivity contribution in [3.8, 4) is 0 Å². The Morgan fingerprint density at radius 3 is 2.57 bits per heavy atom. The van der Waals surface area contributed by atoms with Crippen molar-refractivity contribution in [2.75, 3.05) is 28.2 Å². The number of carbonyl (C=O) groups is 1. The van der Waals surface area contributed by atoms with Crippen LogP contribution in [0.4, 0.5) is 15.2 Å². The molecule has 0 saturated heterocycles. The Morgan fingerprint density at radius 1 is 1.29 bits per heavy atom. The number of rotatable bonds is 10. The highest BCUT2D eigenvalue weighted by atomic mass is 32.2. The summed E-state index contributed by atoms with van der Waals surface area (Å²) in [5.41, 5.74) is 0.361. The number of hydrogen-bond acceptors (Lipinski definition) is 7. The van der Waals surface area contributed by atoms with E-state index in [0.717, 1.165) is 20.7 Å². The number of nitrogens with one attached hydrogen (secondary N) is 1. The number of hydrogen-bond donors (Lipinski definition) is 1. The van der Waals surface area contributed by atoms with Crippen LogP contribution in [0.25, 0.3) is 0 Å². The lowest BCUT2D eigenvalue weighted by atomic mass is 10.2. The van der Waals surface area contributed by atoms with Gasteiger partial charge in [-0.15, -0.1) is 10.2 Å². The van der Waals surface area contributed by atoms with Gasteiger partial charge in [-0.1, -0.05) is 36.9 Å². The summed E-state index contributed by atoms with van der Waals surface area (Å²) in [6, 6.07) is 5.19. The van der Waals surface area contributed by atoms with Crippen molar-refractivity contribution >= 4 is 49.8 Å². The van der Waals surface area contributed by atoms with Gasteiger partial charge in [-0.05, 0) is 36.6 Å².